The lowest BCUT2D eigenvalue weighted by molar-refractivity contribution is -0.180. The molecule has 16 nitrogen and oxygen atoms in total. The monoisotopic (exact) mass is 1170 g/mol. The van der Waals surface area contributed by atoms with Crippen LogP contribution in [-0.4, -0.2) is 120 Å². The van der Waals surface area contributed by atoms with Crippen LogP contribution in [0.5, 0.6) is 0 Å². The van der Waals surface area contributed by atoms with Crippen molar-refractivity contribution in [1.82, 2.24) is 26.2 Å². The molecule has 1 aliphatic rings. The average molecular weight is 1170 g/mol. The Morgan fingerprint density at radius 1 is 0.494 bits per heavy atom. The van der Waals surface area contributed by atoms with E-state index in [2.05, 4.69) is 47.1 Å². The van der Waals surface area contributed by atoms with Gasteiger partial charge in [-0.15, -0.1) is 0 Å². The highest BCUT2D eigenvalue weighted by Gasteiger charge is 2.40. The lowest BCUT2D eigenvalue weighted by Gasteiger charge is -2.29. The number of carbonyl (C=O) groups is 6. The fraction of sp³-hybridized carbons (Fsp3) is 0.821. The van der Waals surface area contributed by atoms with Gasteiger partial charge in [-0.2, -0.15) is 0 Å². The molecule has 83 heavy (non-hydrogen) atoms. The Bertz CT molecular complexity index is 1840. The standard InChI is InChI=1S/C67H119N5O11/c1-4-6-8-10-12-14-16-18-20-21-23-25-27-29-31-33-37-50-67(49-36-32-30-28-26-24-22-19-17-15-13-11-9-7-5-2)82-55-58(83-67)48-54-72(3)53-40-34-38-51-68-62(75)56-42-44-57(45-43-56)63(76)69-52-39-35-41-59(64(77)78)70-66(81)71-60(65(79)80)46-47-61(73)74/h42-45,58-60H,4-41,46-55H2,1-3H3,(H,68,75)(H,69,76)(H,73,74)(H,77,78)(H,79,80)(H2,70,71,81)/t58?,59-,60-,67?/m0/s1. The third kappa shape index (κ3) is 39.9. The molecule has 4 amide bonds. The van der Waals surface area contributed by atoms with E-state index in [0.717, 1.165) is 51.6 Å². The summed E-state index contributed by atoms with van der Waals surface area (Å²) < 4.78 is 13.5. The first-order valence-corrected chi connectivity index (χ1v) is 33.7. The summed E-state index contributed by atoms with van der Waals surface area (Å²) in [7, 11) is 2.18. The second-order valence-corrected chi connectivity index (χ2v) is 24.1. The number of urea groups is 1. The fourth-order valence-corrected chi connectivity index (χ4v) is 11.2. The summed E-state index contributed by atoms with van der Waals surface area (Å²) >= 11 is 0. The van der Waals surface area contributed by atoms with E-state index in [1.165, 1.54) is 205 Å². The average Bonchev–Trinajstić information content (AvgIpc) is 3.93. The minimum atomic E-state index is -1.49. The number of aliphatic carboxylic acids is 3. The van der Waals surface area contributed by atoms with Crippen LogP contribution in [0.25, 0.3) is 0 Å². The van der Waals surface area contributed by atoms with E-state index in [0.29, 0.717) is 37.1 Å². The third-order valence-electron chi connectivity index (χ3n) is 16.5. The molecular weight excluding hydrogens is 1050 g/mol. The molecular formula is C67H119N5O11. The minimum absolute atomic E-state index is 0.0125. The smallest absolute Gasteiger partial charge is 0.326 e. The molecule has 478 valence electrons. The summed E-state index contributed by atoms with van der Waals surface area (Å²) in [5.74, 6) is -4.97. The number of carbonyl (C=O) groups excluding carboxylic acids is 3. The number of carboxylic acids is 3. The second kappa shape index (κ2) is 49.9. The Kier molecular flexibility index (Phi) is 45.0. The number of benzene rings is 1. The Labute approximate surface area is 502 Å². The van der Waals surface area contributed by atoms with Crippen LogP contribution in [0.1, 0.15) is 311 Å². The van der Waals surface area contributed by atoms with Crippen LogP contribution in [0.2, 0.25) is 0 Å². The van der Waals surface area contributed by atoms with Crippen LogP contribution in [0, 0.1) is 0 Å². The zero-order chi connectivity index (χ0) is 60.4. The van der Waals surface area contributed by atoms with Gasteiger partial charge < -0.3 is 51.0 Å². The van der Waals surface area contributed by atoms with E-state index < -0.39 is 48.2 Å². The summed E-state index contributed by atoms with van der Waals surface area (Å²) in [5.41, 5.74) is 0.817. The van der Waals surface area contributed by atoms with Crippen LogP contribution in [0.15, 0.2) is 24.3 Å². The van der Waals surface area contributed by atoms with Gasteiger partial charge in [0.05, 0.1) is 12.7 Å². The van der Waals surface area contributed by atoms with E-state index in [4.69, 9.17) is 14.6 Å². The highest BCUT2D eigenvalue weighted by Crippen LogP contribution is 2.36. The number of nitrogens with zero attached hydrogens (tertiary/aromatic N) is 1. The van der Waals surface area contributed by atoms with Crippen molar-refractivity contribution in [3.8, 4) is 0 Å². The molecule has 0 saturated carbocycles. The SMILES string of the molecule is CCCCCCCCCCCCCCCCCCCC1(CCCCCCCCCCCCCCCCC)OCC(CCN(C)CCCCCNC(=O)c2ccc(C(=O)NCCCC[C@H](NC(=O)N[C@@H](CCC(=O)O)C(=O)O)C(=O)O)cc2)O1. The molecule has 4 atom stereocenters. The molecule has 16 heteroatoms. The first-order valence-electron chi connectivity index (χ1n) is 33.7. The van der Waals surface area contributed by atoms with Crippen molar-refractivity contribution in [2.45, 2.75) is 314 Å². The lowest BCUT2D eigenvalue weighted by Crippen LogP contribution is -2.51. The molecule has 0 aliphatic carbocycles. The van der Waals surface area contributed by atoms with Gasteiger partial charge in [-0.25, -0.2) is 14.4 Å². The summed E-state index contributed by atoms with van der Waals surface area (Å²) in [6.45, 7) is 7.98. The molecule has 1 saturated heterocycles. The molecule has 0 spiro atoms. The summed E-state index contributed by atoms with van der Waals surface area (Å²) in [6, 6.07) is 2.52. The van der Waals surface area contributed by atoms with Crippen LogP contribution < -0.4 is 21.3 Å². The molecule has 1 aromatic rings. The highest BCUT2D eigenvalue weighted by atomic mass is 16.7. The lowest BCUT2D eigenvalue weighted by atomic mass is 9.98. The Morgan fingerprint density at radius 2 is 0.855 bits per heavy atom. The number of ether oxygens (including phenoxy) is 2. The van der Waals surface area contributed by atoms with Gasteiger partial charge in [-0.1, -0.05) is 213 Å². The molecule has 1 aromatic carbocycles. The number of nitrogens with one attached hydrogen (secondary N) is 4. The summed E-state index contributed by atoms with van der Waals surface area (Å²) in [4.78, 5) is 74.1. The van der Waals surface area contributed by atoms with Crippen molar-refractivity contribution in [3.63, 3.8) is 0 Å². The molecule has 2 unspecified atom stereocenters. The van der Waals surface area contributed by atoms with Crippen molar-refractivity contribution in [2.75, 3.05) is 39.8 Å². The first kappa shape index (κ1) is 74.8. The van der Waals surface area contributed by atoms with Crippen molar-refractivity contribution < 1.29 is 53.6 Å². The molecule has 1 aliphatic heterocycles. The van der Waals surface area contributed by atoms with Gasteiger partial charge in [0.15, 0.2) is 5.79 Å². The van der Waals surface area contributed by atoms with Gasteiger partial charge in [0.1, 0.15) is 12.1 Å². The van der Waals surface area contributed by atoms with Gasteiger partial charge >= 0.3 is 23.9 Å². The maximum absolute atomic E-state index is 12.9. The number of hydrogen-bond donors (Lipinski definition) is 7. The van der Waals surface area contributed by atoms with Crippen LogP contribution >= 0.6 is 0 Å². The largest absolute Gasteiger partial charge is 0.481 e. The van der Waals surface area contributed by atoms with Crippen molar-refractivity contribution in [3.05, 3.63) is 35.4 Å². The Balaban J connectivity index is 1.65. The predicted octanol–water partition coefficient (Wildman–Crippen LogP) is 15.3. The molecule has 0 bridgehead atoms. The summed E-state index contributed by atoms with van der Waals surface area (Å²) in [5, 5.41) is 37.7. The maximum atomic E-state index is 12.9. The van der Waals surface area contributed by atoms with E-state index in [-0.39, 0.29) is 37.3 Å². The van der Waals surface area contributed by atoms with Crippen molar-refractivity contribution >= 4 is 35.8 Å². The quantitative estimate of drug-likeness (QED) is 0.0302. The number of unbranched alkanes of at least 4 members (excludes halogenated alkanes) is 33. The molecule has 1 fully saturated rings. The molecule has 1 heterocycles. The maximum Gasteiger partial charge on any atom is 0.326 e. The molecule has 0 radical (unpaired) electrons. The van der Waals surface area contributed by atoms with Crippen LogP contribution in [0.3, 0.4) is 0 Å². The number of hydrogen-bond acceptors (Lipinski definition) is 9. The zero-order valence-electron chi connectivity index (χ0n) is 52.5. The van der Waals surface area contributed by atoms with E-state index in [1.807, 2.05) is 0 Å². The van der Waals surface area contributed by atoms with E-state index in [9.17, 15) is 39.0 Å². The van der Waals surface area contributed by atoms with Gasteiger partial charge in [-0.05, 0) is 95.6 Å². The third-order valence-corrected chi connectivity index (χ3v) is 16.5. The van der Waals surface area contributed by atoms with E-state index >= 15 is 0 Å². The number of rotatable bonds is 57. The number of carboxylic acid groups (broad SMARTS) is 3. The molecule has 7 N–H and O–H groups in total. The highest BCUT2D eigenvalue weighted by molar-refractivity contribution is 5.97. The zero-order valence-corrected chi connectivity index (χ0v) is 52.5. The fourth-order valence-electron chi connectivity index (χ4n) is 11.2. The molecule has 2 rings (SSSR count). The van der Waals surface area contributed by atoms with Gasteiger partial charge in [0, 0.05) is 50.0 Å². The predicted molar refractivity (Wildman–Crippen MR) is 334 cm³/mol. The van der Waals surface area contributed by atoms with Gasteiger partial charge in [0.25, 0.3) is 11.8 Å². The second-order valence-electron chi connectivity index (χ2n) is 24.1. The first-order chi connectivity index (χ1) is 40.3. The van der Waals surface area contributed by atoms with Crippen LogP contribution in [0.4, 0.5) is 4.79 Å². The number of amides is 4. The Hall–Kier alpha value is -4.28. The van der Waals surface area contributed by atoms with Gasteiger partial charge in [0.2, 0.25) is 0 Å². The van der Waals surface area contributed by atoms with Gasteiger partial charge in [-0.3, -0.25) is 14.4 Å². The topological polar surface area (TPSA) is 233 Å². The Morgan fingerprint density at radius 3 is 1.24 bits per heavy atom. The minimum Gasteiger partial charge on any atom is -0.481 e. The van der Waals surface area contributed by atoms with E-state index in [1.54, 1.807) is 24.3 Å². The van der Waals surface area contributed by atoms with Crippen molar-refractivity contribution in [1.29, 1.82) is 0 Å². The normalized spacial score (nSPS) is 15.7. The van der Waals surface area contributed by atoms with Crippen molar-refractivity contribution in [2.24, 2.45) is 0 Å². The van der Waals surface area contributed by atoms with Crippen LogP contribution in [-0.2, 0) is 23.9 Å². The molecule has 0 aromatic heterocycles. The summed E-state index contributed by atoms with van der Waals surface area (Å²) in [6.07, 6.45) is 49.7.